The van der Waals surface area contributed by atoms with E-state index in [2.05, 4.69) is 10.6 Å². The Bertz CT molecular complexity index is 785. The highest BCUT2D eigenvalue weighted by atomic mass is 16.5. The molecule has 2 aromatic carbocycles. The van der Waals surface area contributed by atoms with Crippen LogP contribution in [-0.4, -0.2) is 44.0 Å². The van der Waals surface area contributed by atoms with Crippen molar-refractivity contribution in [1.29, 1.82) is 0 Å². The van der Waals surface area contributed by atoms with Gasteiger partial charge in [0.25, 0.3) is 0 Å². The number of carbonyl (C=O) groups is 2. The first kappa shape index (κ1) is 20.5. The van der Waals surface area contributed by atoms with Gasteiger partial charge in [0.1, 0.15) is 5.75 Å². The second kappa shape index (κ2) is 9.73. The Morgan fingerprint density at radius 3 is 2.26 bits per heavy atom. The molecule has 2 aromatic rings. The number of likely N-dealkylation sites (N-methyl/N-ethyl adjacent to an activating group) is 1. The van der Waals surface area contributed by atoms with Gasteiger partial charge in [0, 0.05) is 17.8 Å². The molecule has 144 valence electrons. The number of anilines is 1. The first-order valence-electron chi connectivity index (χ1n) is 8.84. The molecule has 6 heteroatoms. The van der Waals surface area contributed by atoms with Crippen LogP contribution in [0.15, 0.2) is 42.5 Å². The maximum Gasteiger partial charge on any atom is 0.238 e. The lowest BCUT2D eigenvalue weighted by molar-refractivity contribution is -0.123. The molecule has 0 saturated heterocycles. The normalized spacial score (nSPS) is 10.6. The van der Waals surface area contributed by atoms with E-state index in [9.17, 15) is 9.59 Å². The quantitative estimate of drug-likeness (QED) is 0.750. The van der Waals surface area contributed by atoms with E-state index in [0.717, 1.165) is 28.1 Å². The number of methoxy groups -OCH3 is 1. The lowest BCUT2D eigenvalue weighted by Crippen LogP contribution is -2.38. The Morgan fingerprint density at radius 1 is 0.963 bits per heavy atom. The van der Waals surface area contributed by atoms with Crippen molar-refractivity contribution >= 4 is 17.5 Å². The third-order valence-corrected chi connectivity index (χ3v) is 4.24. The highest BCUT2D eigenvalue weighted by molar-refractivity contribution is 5.94. The summed E-state index contributed by atoms with van der Waals surface area (Å²) in [6.07, 6.45) is 0. The summed E-state index contributed by atoms with van der Waals surface area (Å²) in [6, 6.07) is 13.4. The summed E-state index contributed by atoms with van der Waals surface area (Å²) in [6.45, 7) is 4.56. The number of rotatable bonds is 8. The highest BCUT2D eigenvalue weighted by Crippen LogP contribution is 2.19. The largest absolute Gasteiger partial charge is 0.496 e. The molecule has 0 unspecified atom stereocenters. The van der Waals surface area contributed by atoms with Crippen LogP contribution in [0.5, 0.6) is 5.75 Å². The number of hydrogen-bond acceptors (Lipinski definition) is 4. The summed E-state index contributed by atoms with van der Waals surface area (Å²) >= 11 is 0. The Balaban J connectivity index is 1.81. The molecule has 6 nitrogen and oxygen atoms in total. The summed E-state index contributed by atoms with van der Waals surface area (Å²) in [7, 11) is 3.34. The molecular weight excluding hydrogens is 342 g/mol. The topological polar surface area (TPSA) is 70.7 Å². The van der Waals surface area contributed by atoms with Crippen molar-refractivity contribution in [3.63, 3.8) is 0 Å². The van der Waals surface area contributed by atoms with Gasteiger partial charge in [0.15, 0.2) is 0 Å². The summed E-state index contributed by atoms with van der Waals surface area (Å²) < 4.78 is 5.27. The molecule has 0 heterocycles. The first-order chi connectivity index (χ1) is 12.9. The predicted octanol–water partition coefficient (Wildman–Crippen LogP) is 2.50. The molecule has 0 aliphatic heterocycles. The average Bonchev–Trinajstić information content (AvgIpc) is 2.63. The van der Waals surface area contributed by atoms with Crippen molar-refractivity contribution in [2.24, 2.45) is 0 Å². The number of ether oxygens (including phenoxy) is 1. The van der Waals surface area contributed by atoms with Crippen LogP contribution >= 0.6 is 0 Å². The molecule has 0 spiro atoms. The number of amides is 2. The Hall–Kier alpha value is -2.86. The highest BCUT2D eigenvalue weighted by Gasteiger charge is 2.13. The smallest absolute Gasteiger partial charge is 0.238 e. The summed E-state index contributed by atoms with van der Waals surface area (Å²) in [5.41, 5.74) is 3.77. The van der Waals surface area contributed by atoms with Gasteiger partial charge in [-0.05, 0) is 38.1 Å². The van der Waals surface area contributed by atoms with Crippen LogP contribution in [0.4, 0.5) is 5.69 Å². The Kier molecular flexibility index (Phi) is 7.37. The predicted molar refractivity (Wildman–Crippen MR) is 107 cm³/mol. The van der Waals surface area contributed by atoms with Crippen LogP contribution in [0.3, 0.4) is 0 Å². The molecule has 0 aliphatic rings. The van der Waals surface area contributed by atoms with Gasteiger partial charge in [-0.2, -0.15) is 0 Å². The third kappa shape index (κ3) is 6.11. The van der Waals surface area contributed by atoms with E-state index in [-0.39, 0.29) is 24.9 Å². The number of hydrogen-bond donors (Lipinski definition) is 2. The minimum absolute atomic E-state index is 0.134. The maximum atomic E-state index is 12.3. The van der Waals surface area contributed by atoms with Gasteiger partial charge in [-0.25, -0.2) is 0 Å². The monoisotopic (exact) mass is 369 g/mol. The minimum Gasteiger partial charge on any atom is -0.496 e. The van der Waals surface area contributed by atoms with E-state index >= 15 is 0 Å². The zero-order valence-corrected chi connectivity index (χ0v) is 16.3. The van der Waals surface area contributed by atoms with E-state index in [1.807, 2.05) is 56.3 Å². The third-order valence-electron chi connectivity index (χ3n) is 4.24. The lowest BCUT2D eigenvalue weighted by atomic mass is 10.1. The first-order valence-corrected chi connectivity index (χ1v) is 8.84. The van der Waals surface area contributed by atoms with Gasteiger partial charge in [-0.1, -0.05) is 36.4 Å². The van der Waals surface area contributed by atoms with Crippen molar-refractivity contribution in [3.05, 3.63) is 59.2 Å². The van der Waals surface area contributed by atoms with Gasteiger partial charge in [-0.15, -0.1) is 0 Å². The van der Waals surface area contributed by atoms with Crippen LogP contribution in [0, 0.1) is 13.8 Å². The Labute approximate surface area is 160 Å². The Morgan fingerprint density at radius 2 is 1.59 bits per heavy atom. The van der Waals surface area contributed by atoms with E-state index < -0.39 is 0 Å². The molecule has 2 rings (SSSR count). The standard InChI is InChI=1S/C21H27N3O3/c1-15-8-7-9-16(2)21(15)23-20(26)14-24(3)13-19(25)22-12-17-10-5-6-11-18(17)27-4/h5-11H,12-14H2,1-4H3,(H,22,25)(H,23,26). The van der Waals surface area contributed by atoms with Crippen LogP contribution < -0.4 is 15.4 Å². The molecule has 2 amide bonds. The zero-order valence-electron chi connectivity index (χ0n) is 16.3. The number of nitrogens with zero attached hydrogens (tertiary/aromatic N) is 1. The van der Waals surface area contributed by atoms with Crippen molar-refractivity contribution in [3.8, 4) is 5.75 Å². The van der Waals surface area contributed by atoms with Gasteiger partial charge in [0.05, 0.1) is 20.2 Å². The number of nitrogens with one attached hydrogen (secondary N) is 2. The van der Waals surface area contributed by atoms with Gasteiger partial charge < -0.3 is 15.4 Å². The van der Waals surface area contributed by atoms with Gasteiger partial charge >= 0.3 is 0 Å². The van der Waals surface area contributed by atoms with Crippen LogP contribution in [0.25, 0.3) is 0 Å². The number of aryl methyl sites for hydroxylation is 2. The van der Waals surface area contributed by atoms with E-state index in [1.54, 1.807) is 19.1 Å². The van der Waals surface area contributed by atoms with E-state index in [0.29, 0.717) is 6.54 Å². The maximum absolute atomic E-state index is 12.3. The van der Waals surface area contributed by atoms with Crippen molar-refractivity contribution in [2.45, 2.75) is 20.4 Å². The van der Waals surface area contributed by atoms with Gasteiger partial charge in [0.2, 0.25) is 11.8 Å². The fourth-order valence-corrected chi connectivity index (χ4v) is 2.84. The van der Waals surface area contributed by atoms with Crippen molar-refractivity contribution in [2.75, 3.05) is 32.6 Å². The molecule has 0 saturated carbocycles. The molecule has 0 radical (unpaired) electrons. The van der Waals surface area contributed by atoms with Crippen LogP contribution in [-0.2, 0) is 16.1 Å². The van der Waals surface area contributed by atoms with Crippen molar-refractivity contribution < 1.29 is 14.3 Å². The molecular formula is C21H27N3O3. The molecule has 0 atom stereocenters. The average molecular weight is 369 g/mol. The summed E-state index contributed by atoms with van der Waals surface area (Å²) in [5.74, 6) is 0.440. The van der Waals surface area contributed by atoms with Crippen LogP contribution in [0.1, 0.15) is 16.7 Å². The SMILES string of the molecule is COc1ccccc1CNC(=O)CN(C)CC(=O)Nc1c(C)cccc1C. The minimum atomic E-state index is -0.150. The van der Waals surface area contributed by atoms with Crippen LogP contribution in [0.2, 0.25) is 0 Å². The fourth-order valence-electron chi connectivity index (χ4n) is 2.84. The number of para-hydroxylation sites is 2. The molecule has 0 aliphatic carbocycles. The summed E-state index contributed by atoms with van der Waals surface area (Å²) in [4.78, 5) is 26.1. The molecule has 2 N–H and O–H groups in total. The lowest BCUT2D eigenvalue weighted by Gasteiger charge is -2.17. The molecule has 0 aromatic heterocycles. The van der Waals surface area contributed by atoms with E-state index in [4.69, 9.17) is 4.74 Å². The molecule has 0 fully saturated rings. The van der Waals surface area contributed by atoms with E-state index in [1.165, 1.54) is 0 Å². The van der Waals surface area contributed by atoms with Gasteiger partial charge in [-0.3, -0.25) is 14.5 Å². The molecule has 0 bridgehead atoms. The number of benzene rings is 2. The molecule has 27 heavy (non-hydrogen) atoms. The zero-order chi connectivity index (χ0) is 19.8. The van der Waals surface area contributed by atoms with Crippen molar-refractivity contribution in [1.82, 2.24) is 10.2 Å². The number of carbonyl (C=O) groups excluding carboxylic acids is 2. The fraction of sp³-hybridized carbons (Fsp3) is 0.333. The summed E-state index contributed by atoms with van der Waals surface area (Å²) in [5, 5.41) is 5.78. The second-order valence-corrected chi connectivity index (χ2v) is 6.58. The second-order valence-electron chi connectivity index (χ2n) is 6.58.